The third-order valence-electron chi connectivity index (χ3n) is 3.86. The summed E-state index contributed by atoms with van der Waals surface area (Å²) in [5.41, 5.74) is 1.41. The quantitative estimate of drug-likeness (QED) is 0.805. The molecule has 1 saturated heterocycles. The monoisotopic (exact) mass is 304 g/mol. The summed E-state index contributed by atoms with van der Waals surface area (Å²) in [4.78, 5) is 23.2. The van der Waals surface area contributed by atoms with E-state index in [0.29, 0.717) is 18.7 Å². The molecule has 1 aliphatic heterocycles. The van der Waals surface area contributed by atoms with E-state index in [0.717, 1.165) is 23.9 Å². The Balaban J connectivity index is 1.69. The van der Waals surface area contributed by atoms with Crippen LogP contribution in [0.2, 0.25) is 0 Å². The maximum Gasteiger partial charge on any atom is 0.407 e. The SMILES string of the molecule is O=C(O)c1cc2cc(NC3CCN(C(=O)O)CC3)ccc2o1. The van der Waals surface area contributed by atoms with Gasteiger partial charge in [-0.2, -0.15) is 0 Å². The molecule has 0 bridgehead atoms. The highest BCUT2D eigenvalue weighted by Crippen LogP contribution is 2.25. The fraction of sp³-hybridized carbons (Fsp3) is 0.333. The van der Waals surface area contributed by atoms with Gasteiger partial charge in [-0.3, -0.25) is 0 Å². The van der Waals surface area contributed by atoms with Crippen molar-refractivity contribution in [2.75, 3.05) is 18.4 Å². The number of likely N-dealkylation sites (tertiary alicyclic amines) is 1. The Morgan fingerprint density at radius 1 is 1.18 bits per heavy atom. The predicted octanol–water partition coefficient (Wildman–Crippen LogP) is 2.69. The highest BCUT2D eigenvalue weighted by molar-refractivity contribution is 5.92. The first-order valence-electron chi connectivity index (χ1n) is 7.04. The van der Waals surface area contributed by atoms with Crippen LogP contribution in [-0.4, -0.2) is 46.3 Å². The van der Waals surface area contributed by atoms with Crippen molar-refractivity contribution in [3.05, 3.63) is 30.0 Å². The molecule has 7 nitrogen and oxygen atoms in total. The lowest BCUT2D eigenvalue weighted by atomic mass is 10.0. The van der Waals surface area contributed by atoms with E-state index >= 15 is 0 Å². The van der Waals surface area contributed by atoms with Crippen molar-refractivity contribution in [1.82, 2.24) is 4.90 Å². The normalized spacial score (nSPS) is 15.9. The van der Waals surface area contributed by atoms with E-state index in [1.165, 1.54) is 11.0 Å². The van der Waals surface area contributed by atoms with E-state index < -0.39 is 12.1 Å². The van der Waals surface area contributed by atoms with Crippen molar-refractivity contribution in [2.45, 2.75) is 18.9 Å². The standard InChI is InChI=1S/C15H16N2O5/c18-14(19)13-8-9-7-11(1-2-12(9)22-13)16-10-3-5-17(6-4-10)15(20)21/h1-2,7-8,10,16H,3-6H2,(H,18,19)(H,20,21). The second-order valence-corrected chi connectivity index (χ2v) is 5.36. The number of amides is 1. The van der Waals surface area contributed by atoms with Gasteiger partial charge in [0.2, 0.25) is 5.76 Å². The van der Waals surface area contributed by atoms with Crippen molar-refractivity contribution >= 4 is 28.7 Å². The van der Waals surface area contributed by atoms with E-state index in [2.05, 4.69) is 5.32 Å². The fourth-order valence-electron chi connectivity index (χ4n) is 2.69. The fourth-order valence-corrected chi connectivity index (χ4v) is 2.69. The van der Waals surface area contributed by atoms with Gasteiger partial charge in [0.15, 0.2) is 0 Å². The summed E-state index contributed by atoms with van der Waals surface area (Å²) in [7, 11) is 0. The van der Waals surface area contributed by atoms with E-state index in [-0.39, 0.29) is 11.8 Å². The number of hydrogen-bond acceptors (Lipinski definition) is 4. The number of carboxylic acids is 1. The number of anilines is 1. The first-order valence-corrected chi connectivity index (χ1v) is 7.04. The summed E-state index contributed by atoms with van der Waals surface area (Å²) in [6, 6.07) is 7.11. The molecule has 2 aromatic rings. The molecule has 0 saturated carbocycles. The second-order valence-electron chi connectivity index (χ2n) is 5.36. The van der Waals surface area contributed by atoms with Crippen LogP contribution >= 0.6 is 0 Å². The zero-order chi connectivity index (χ0) is 15.7. The van der Waals surface area contributed by atoms with Gasteiger partial charge in [-0.25, -0.2) is 9.59 Å². The molecule has 0 aliphatic carbocycles. The molecule has 0 unspecified atom stereocenters. The van der Waals surface area contributed by atoms with Gasteiger partial charge >= 0.3 is 12.1 Å². The van der Waals surface area contributed by atoms with Gasteiger partial charge in [0.1, 0.15) is 5.58 Å². The topological polar surface area (TPSA) is 103 Å². The molecule has 1 aliphatic rings. The molecule has 116 valence electrons. The molecule has 1 fully saturated rings. The number of carboxylic acid groups (broad SMARTS) is 2. The average Bonchev–Trinajstić information content (AvgIpc) is 2.91. The van der Waals surface area contributed by atoms with Crippen molar-refractivity contribution < 1.29 is 24.2 Å². The summed E-state index contributed by atoms with van der Waals surface area (Å²) in [6.07, 6.45) is 0.617. The minimum absolute atomic E-state index is 0.0816. The number of fused-ring (bicyclic) bond motifs is 1. The molecular weight excluding hydrogens is 288 g/mol. The number of benzene rings is 1. The molecule has 0 atom stereocenters. The van der Waals surface area contributed by atoms with Crippen molar-refractivity contribution in [3.63, 3.8) is 0 Å². The number of furan rings is 1. The summed E-state index contributed by atoms with van der Waals surface area (Å²) in [5.74, 6) is -1.17. The van der Waals surface area contributed by atoms with Gasteiger partial charge in [-0.05, 0) is 37.1 Å². The lowest BCUT2D eigenvalue weighted by Crippen LogP contribution is -2.41. The molecule has 1 aromatic heterocycles. The Hall–Kier alpha value is -2.70. The molecule has 0 radical (unpaired) electrons. The summed E-state index contributed by atoms with van der Waals surface area (Å²) in [6.45, 7) is 1.04. The number of aromatic carboxylic acids is 1. The molecule has 1 amide bonds. The van der Waals surface area contributed by atoms with Gasteiger partial charge in [-0.15, -0.1) is 0 Å². The van der Waals surface area contributed by atoms with Gasteiger partial charge < -0.3 is 24.8 Å². The molecule has 3 N–H and O–H groups in total. The van der Waals surface area contributed by atoms with E-state index in [1.54, 1.807) is 6.07 Å². The van der Waals surface area contributed by atoms with Crippen LogP contribution in [0.1, 0.15) is 23.4 Å². The summed E-state index contributed by atoms with van der Waals surface area (Å²) < 4.78 is 5.22. The zero-order valence-electron chi connectivity index (χ0n) is 11.8. The lowest BCUT2D eigenvalue weighted by molar-refractivity contribution is 0.0665. The average molecular weight is 304 g/mol. The Labute approximate surface area is 126 Å². The van der Waals surface area contributed by atoms with Crippen LogP contribution in [0.5, 0.6) is 0 Å². The second kappa shape index (κ2) is 5.59. The minimum atomic E-state index is -1.09. The molecule has 22 heavy (non-hydrogen) atoms. The molecular formula is C15H16N2O5. The van der Waals surface area contributed by atoms with E-state index in [1.807, 2.05) is 12.1 Å². The lowest BCUT2D eigenvalue weighted by Gasteiger charge is -2.31. The maximum absolute atomic E-state index is 10.9. The Morgan fingerprint density at radius 3 is 2.55 bits per heavy atom. The maximum atomic E-state index is 10.9. The van der Waals surface area contributed by atoms with Gasteiger partial charge in [0, 0.05) is 30.2 Å². The third kappa shape index (κ3) is 2.83. The van der Waals surface area contributed by atoms with Crippen molar-refractivity contribution in [2.24, 2.45) is 0 Å². The number of nitrogens with one attached hydrogen (secondary N) is 1. The number of hydrogen-bond donors (Lipinski definition) is 3. The number of nitrogens with zero attached hydrogens (tertiary/aromatic N) is 1. The van der Waals surface area contributed by atoms with Crippen molar-refractivity contribution in [1.29, 1.82) is 0 Å². The predicted molar refractivity (Wildman–Crippen MR) is 79.4 cm³/mol. The van der Waals surface area contributed by atoms with Crippen LogP contribution in [0.3, 0.4) is 0 Å². The van der Waals surface area contributed by atoms with Crippen molar-refractivity contribution in [3.8, 4) is 0 Å². The van der Waals surface area contributed by atoms with Crippen LogP contribution in [0, 0.1) is 0 Å². The zero-order valence-corrected chi connectivity index (χ0v) is 11.8. The van der Waals surface area contributed by atoms with E-state index in [4.69, 9.17) is 14.6 Å². The first kappa shape index (κ1) is 14.2. The highest BCUT2D eigenvalue weighted by Gasteiger charge is 2.22. The molecule has 3 rings (SSSR count). The smallest absolute Gasteiger partial charge is 0.407 e. The third-order valence-corrected chi connectivity index (χ3v) is 3.86. The van der Waals surface area contributed by atoms with Crippen LogP contribution in [0.25, 0.3) is 11.0 Å². The van der Waals surface area contributed by atoms with Gasteiger partial charge in [0.05, 0.1) is 0 Å². The first-order chi connectivity index (χ1) is 10.5. The number of rotatable bonds is 3. The molecule has 2 heterocycles. The molecule has 0 spiro atoms. The molecule has 1 aromatic carbocycles. The largest absolute Gasteiger partial charge is 0.475 e. The number of carbonyl (C=O) groups is 2. The Kier molecular flexibility index (Phi) is 3.62. The van der Waals surface area contributed by atoms with Crippen LogP contribution in [0.15, 0.2) is 28.7 Å². The van der Waals surface area contributed by atoms with Crippen LogP contribution in [-0.2, 0) is 0 Å². The van der Waals surface area contributed by atoms with Gasteiger partial charge in [-0.1, -0.05) is 0 Å². The number of piperidine rings is 1. The highest BCUT2D eigenvalue weighted by atomic mass is 16.4. The minimum Gasteiger partial charge on any atom is -0.475 e. The summed E-state index contributed by atoms with van der Waals surface area (Å²) >= 11 is 0. The Bertz CT molecular complexity index is 716. The summed E-state index contributed by atoms with van der Waals surface area (Å²) in [5, 5.41) is 21.9. The Morgan fingerprint density at radius 2 is 1.91 bits per heavy atom. The van der Waals surface area contributed by atoms with Gasteiger partial charge in [0.25, 0.3) is 0 Å². The van der Waals surface area contributed by atoms with Crippen LogP contribution in [0.4, 0.5) is 10.5 Å². The van der Waals surface area contributed by atoms with Crippen LogP contribution < -0.4 is 5.32 Å². The molecule has 7 heteroatoms. The van der Waals surface area contributed by atoms with E-state index in [9.17, 15) is 9.59 Å².